The Kier molecular flexibility index (Phi) is 3.70. The molecule has 0 unspecified atom stereocenters. The Morgan fingerprint density at radius 1 is 1.31 bits per heavy atom. The molecule has 0 radical (unpaired) electrons. The molecule has 1 saturated carbocycles. The molecule has 2 nitrogen and oxygen atoms in total. The second-order valence-electron chi connectivity index (χ2n) is 4.23. The van der Waals surface area contributed by atoms with Gasteiger partial charge in [0.05, 0.1) is 5.54 Å². The Labute approximate surface area is 112 Å². The van der Waals surface area contributed by atoms with Crippen molar-refractivity contribution < 1.29 is 4.79 Å². The Morgan fingerprint density at radius 2 is 1.94 bits per heavy atom. The summed E-state index contributed by atoms with van der Waals surface area (Å²) in [6.45, 7) is 0. The number of nitrogens with one attached hydrogen (secondary N) is 1. The number of carbonyl (C=O) groups excluding carboxylic acids is 1. The van der Waals surface area contributed by atoms with E-state index in [0.29, 0.717) is 0 Å². The van der Waals surface area contributed by atoms with Gasteiger partial charge in [-0.1, -0.05) is 31.9 Å². The summed E-state index contributed by atoms with van der Waals surface area (Å²) in [5.74, 6) is 0.0200. The van der Waals surface area contributed by atoms with Gasteiger partial charge in [-0.2, -0.15) is 0 Å². The van der Waals surface area contributed by atoms with E-state index in [1.165, 1.54) is 6.42 Å². The average molecular weight is 347 g/mol. The molecule has 0 aliphatic heterocycles. The maximum atomic E-state index is 12.0. The summed E-state index contributed by atoms with van der Waals surface area (Å²) in [6, 6.07) is 7.44. The number of halogens is 2. The van der Waals surface area contributed by atoms with Gasteiger partial charge in [-0.15, -0.1) is 0 Å². The van der Waals surface area contributed by atoms with Crippen molar-refractivity contribution in [2.45, 2.75) is 24.8 Å². The van der Waals surface area contributed by atoms with Gasteiger partial charge in [-0.05, 0) is 43.5 Å². The highest BCUT2D eigenvalue weighted by Crippen LogP contribution is 2.33. The molecule has 1 aliphatic carbocycles. The third-order valence-corrected chi connectivity index (χ3v) is 4.65. The van der Waals surface area contributed by atoms with Crippen LogP contribution in [0.4, 0.5) is 0 Å². The molecule has 0 saturated heterocycles. The van der Waals surface area contributed by atoms with Crippen molar-refractivity contribution in [3.05, 3.63) is 34.3 Å². The van der Waals surface area contributed by atoms with Crippen molar-refractivity contribution in [2.24, 2.45) is 0 Å². The maximum absolute atomic E-state index is 12.0. The zero-order valence-electron chi connectivity index (χ0n) is 8.80. The molecule has 1 amide bonds. The molecule has 16 heavy (non-hydrogen) atoms. The standard InChI is InChI=1S/C12H13Br2NO/c13-8-12(6-1-7-12)15-11(16)9-2-4-10(14)5-3-9/h2-5H,1,6-8H2,(H,15,16). The van der Waals surface area contributed by atoms with E-state index in [-0.39, 0.29) is 11.4 Å². The smallest absolute Gasteiger partial charge is 0.251 e. The van der Waals surface area contributed by atoms with E-state index < -0.39 is 0 Å². The number of carbonyl (C=O) groups is 1. The molecule has 86 valence electrons. The molecule has 1 aromatic carbocycles. The van der Waals surface area contributed by atoms with E-state index in [4.69, 9.17) is 0 Å². The third kappa shape index (κ3) is 2.48. The first-order valence-electron chi connectivity index (χ1n) is 5.29. The van der Waals surface area contributed by atoms with E-state index in [0.717, 1.165) is 28.2 Å². The first-order chi connectivity index (χ1) is 7.65. The minimum Gasteiger partial charge on any atom is -0.346 e. The van der Waals surface area contributed by atoms with Crippen molar-refractivity contribution in [3.63, 3.8) is 0 Å². The van der Waals surface area contributed by atoms with Crippen LogP contribution in [0.1, 0.15) is 29.6 Å². The monoisotopic (exact) mass is 345 g/mol. The van der Waals surface area contributed by atoms with Gasteiger partial charge >= 0.3 is 0 Å². The number of hydrogen-bond donors (Lipinski definition) is 1. The predicted molar refractivity (Wildman–Crippen MR) is 72.0 cm³/mol. The van der Waals surface area contributed by atoms with Crippen LogP contribution < -0.4 is 5.32 Å². The van der Waals surface area contributed by atoms with Crippen molar-refractivity contribution >= 4 is 37.8 Å². The zero-order chi connectivity index (χ0) is 11.6. The molecule has 2 rings (SSSR count). The van der Waals surface area contributed by atoms with Crippen LogP contribution in [0.5, 0.6) is 0 Å². The fraction of sp³-hybridized carbons (Fsp3) is 0.417. The van der Waals surface area contributed by atoms with Crippen LogP contribution in [0.15, 0.2) is 28.7 Å². The molecule has 0 atom stereocenters. The molecule has 4 heteroatoms. The summed E-state index contributed by atoms with van der Waals surface area (Å²) >= 11 is 6.83. The zero-order valence-corrected chi connectivity index (χ0v) is 12.0. The number of rotatable bonds is 3. The maximum Gasteiger partial charge on any atom is 0.251 e. The van der Waals surface area contributed by atoms with E-state index in [9.17, 15) is 4.79 Å². The summed E-state index contributed by atoms with van der Waals surface area (Å²) in [5, 5.41) is 3.95. The van der Waals surface area contributed by atoms with Gasteiger partial charge < -0.3 is 5.32 Å². The third-order valence-electron chi connectivity index (χ3n) is 3.05. The van der Waals surface area contributed by atoms with Crippen LogP contribution in [0, 0.1) is 0 Å². The van der Waals surface area contributed by atoms with Gasteiger partial charge in [0.25, 0.3) is 5.91 Å². The topological polar surface area (TPSA) is 29.1 Å². The van der Waals surface area contributed by atoms with Crippen LogP contribution in [0.3, 0.4) is 0 Å². The van der Waals surface area contributed by atoms with Gasteiger partial charge in [0.1, 0.15) is 0 Å². The lowest BCUT2D eigenvalue weighted by Gasteiger charge is -2.41. The van der Waals surface area contributed by atoms with Crippen LogP contribution >= 0.6 is 31.9 Å². The number of alkyl halides is 1. The average Bonchev–Trinajstić information content (AvgIpc) is 2.24. The fourth-order valence-electron chi connectivity index (χ4n) is 1.81. The van der Waals surface area contributed by atoms with Crippen LogP contribution in [-0.4, -0.2) is 16.8 Å². The Bertz CT molecular complexity index is 379. The lowest BCUT2D eigenvalue weighted by Crippen LogP contribution is -2.54. The number of hydrogen-bond acceptors (Lipinski definition) is 1. The van der Waals surface area contributed by atoms with Crippen LogP contribution in [0.25, 0.3) is 0 Å². The Hall–Kier alpha value is -0.350. The highest BCUT2D eigenvalue weighted by molar-refractivity contribution is 9.10. The second kappa shape index (κ2) is 4.88. The minimum absolute atomic E-state index is 0.00976. The molecule has 0 bridgehead atoms. The summed E-state index contributed by atoms with van der Waals surface area (Å²) in [7, 11) is 0. The van der Waals surface area contributed by atoms with E-state index in [2.05, 4.69) is 37.2 Å². The molecule has 0 spiro atoms. The summed E-state index contributed by atoms with van der Waals surface area (Å²) in [5.41, 5.74) is 0.708. The number of amides is 1. The Balaban J connectivity index is 2.05. The van der Waals surface area contributed by atoms with Crippen molar-refractivity contribution in [1.29, 1.82) is 0 Å². The Morgan fingerprint density at radius 3 is 2.38 bits per heavy atom. The van der Waals surface area contributed by atoms with Crippen LogP contribution in [0.2, 0.25) is 0 Å². The van der Waals surface area contributed by atoms with Crippen molar-refractivity contribution in [1.82, 2.24) is 5.32 Å². The molecular weight excluding hydrogens is 334 g/mol. The normalized spacial score (nSPS) is 17.6. The predicted octanol–water partition coefficient (Wildman–Crippen LogP) is 3.50. The molecule has 0 heterocycles. The van der Waals surface area contributed by atoms with Crippen molar-refractivity contribution in [2.75, 3.05) is 5.33 Å². The lowest BCUT2D eigenvalue weighted by molar-refractivity contribution is 0.0856. The highest BCUT2D eigenvalue weighted by atomic mass is 79.9. The van der Waals surface area contributed by atoms with Gasteiger partial charge in [-0.25, -0.2) is 0 Å². The number of benzene rings is 1. The SMILES string of the molecule is O=C(NC1(CBr)CCC1)c1ccc(Br)cc1. The quantitative estimate of drug-likeness (QED) is 0.834. The molecule has 1 aromatic rings. The molecule has 1 aliphatic rings. The first-order valence-corrected chi connectivity index (χ1v) is 7.21. The first kappa shape index (κ1) is 12.1. The largest absolute Gasteiger partial charge is 0.346 e. The summed E-state index contributed by atoms with van der Waals surface area (Å²) in [4.78, 5) is 12.0. The lowest BCUT2D eigenvalue weighted by atomic mass is 9.78. The molecule has 1 fully saturated rings. The van der Waals surface area contributed by atoms with E-state index in [1.807, 2.05) is 24.3 Å². The van der Waals surface area contributed by atoms with Crippen LogP contribution in [-0.2, 0) is 0 Å². The molecule has 0 aromatic heterocycles. The van der Waals surface area contributed by atoms with E-state index in [1.54, 1.807) is 0 Å². The second-order valence-corrected chi connectivity index (χ2v) is 5.70. The molecule has 1 N–H and O–H groups in total. The summed E-state index contributed by atoms with van der Waals surface area (Å²) in [6.07, 6.45) is 3.34. The fourth-order valence-corrected chi connectivity index (χ4v) is 2.78. The minimum atomic E-state index is -0.00976. The van der Waals surface area contributed by atoms with E-state index >= 15 is 0 Å². The molecular formula is C12H13Br2NO. The van der Waals surface area contributed by atoms with Crippen molar-refractivity contribution in [3.8, 4) is 0 Å². The van der Waals surface area contributed by atoms with Gasteiger partial charge in [-0.3, -0.25) is 4.79 Å². The van der Waals surface area contributed by atoms with Gasteiger partial charge in [0, 0.05) is 15.4 Å². The highest BCUT2D eigenvalue weighted by Gasteiger charge is 2.37. The van der Waals surface area contributed by atoms with Gasteiger partial charge in [0.15, 0.2) is 0 Å². The van der Waals surface area contributed by atoms with Gasteiger partial charge in [0.2, 0.25) is 0 Å². The summed E-state index contributed by atoms with van der Waals surface area (Å²) < 4.78 is 0.989.